The molecule has 0 radical (unpaired) electrons. The van der Waals surface area contributed by atoms with Gasteiger partial charge in [-0.2, -0.15) is 0 Å². The van der Waals surface area contributed by atoms with E-state index in [1.165, 1.54) is 0 Å². The van der Waals surface area contributed by atoms with Crippen LogP contribution in [0.5, 0.6) is 0 Å². The highest BCUT2D eigenvalue weighted by Crippen LogP contribution is 2.34. The Bertz CT molecular complexity index is 809. The van der Waals surface area contributed by atoms with Gasteiger partial charge in [-0.15, -0.1) is 0 Å². The predicted molar refractivity (Wildman–Crippen MR) is 106 cm³/mol. The molecule has 0 aromatic heterocycles. The number of methoxy groups -OCH3 is 1. The Labute approximate surface area is 188 Å². The molecule has 2 amide bonds. The lowest BCUT2D eigenvalue weighted by molar-refractivity contribution is -0.344. The summed E-state index contributed by atoms with van der Waals surface area (Å²) < 4.78 is 42.3. The Balaban J connectivity index is 3.48. The minimum atomic E-state index is -3.37. The van der Waals surface area contributed by atoms with Crippen LogP contribution in [0.4, 0.5) is 0 Å². The fourth-order valence-corrected chi connectivity index (χ4v) is 3.72. The smallest absolute Gasteiger partial charge is 0.303 e. The van der Waals surface area contributed by atoms with Gasteiger partial charge in [0.1, 0.15) is 18.4 Å². The van der Waals surface area contributed by atoms with E-state index in [4.69, 9.17) is 28.7 Å². The number of aliphatic hydroxyl groups excluding tert-OH is 1. The van der Waals surface area contributed by atoms with Crippen molar-refractivity contribution in [2.24, 2.45) is 0 Å². The summed E-state index contributed by atoms with van der Waals surface area (Å²) >= 11 is 0. The molecule has 0 aromatic rings. The van der Waals surface area contributed by atoms with Crippen molar-refractivity contribution in [3.63, 3.8) is 0 Å². The number of ether oxygens (including phenoxy) is 4. The van der Waals surface area contributed by atoms with Crippen molar-refractivity contribution in [2.45, 2.75) is 50.4 Å². The second kappa shape index (κ2) is 12.5. The highest BCUT2D eigenvalue weighted by atomic mass is 31.1. The van der Waals surface area contributed by atoms with E-state index in [1.54, 1.807) is 0 Å². The molecule has 16 nitrogen and oxygen atoms in total. The lowest BCUT2D eigenvalue weighted by atomic mass is 9.90. The summed E-state index contributed by atoms with van der Waals surface area (Å²) in [5.74, 6) is -4.42. The molecule has 6 N–H and O–H groups in total. The first kappa shape index (κ1) is 29.1. The van der Waals surface area contributed by atoms with Crippen LogP contribution in [-0.4, -0.2) is 99.7 Å². The van der Waals surface area contributed by atoms with Gasteiger partial charge in [-0.1, -0.05) is 0 Å². The van der Waals surface area contributed by atoms with Crippen molar-refractivity contribution in [3.8, 4) is 0 Å². The molecule has 1 saturated heterocycles. The zero-order valence-electron chi connectivity index (χ0n) is 17.7. The molecule has 1 fully saturated rings. The maximum absolute atomic E-state index is 12.2. The zero-order chi connectivity index (χ0) is 25.5. The van der Waals surface area contributed by atoms with Crippen LogP contribution >= 0.6 is 16.1 Å². The van der Waals surface area contributed by atoms with E-state index in [1.807, 2.05) is 10.6 Å². The molecule has 1 heterocycles. The SMILES string of the molecule is CO[C@H]1O[C@H](C(O)NC(=O)C[PH](=O)O)[C@@H](OC(C)=O)[C@@](O)(NC(=O)C[PH](=O)O)[C@@H]1OC(C)=O. The molecule has 0 bridgehead atoms. The number of esters is 2. The average Bonchev–Trinajstić information content (AvgIpc) is 2.63. The molecule has 3 unspecified atom stereocenters. The Hall–Kier alpha value is -1.90. The molecule has 0 saturated carbocycles. The number of rotatable bonds is 10. The van der Waals surface area contributed by atoms with Gasteiger partial charge in [0.2, 0.25) is 23.6 Å². The second-order valence-corrected chi connectivity index (χ2v) is 9.07. The van der Waals surface area contributed by atoms with Crippen molar-refractivity contribution in [2.75, 3.05) is 19.4 Å². The number of nitrogens with one attached hydrogen (secondary N) is 2. The Kier molecular flexibility index (Phi) is 11.1. The molecule has 0 aromatic carbocycles. The zero-order valence-corrected chi connectivity index (χ0v) is 19.7. The van der Waals surface area contributed by atoms with Gasteiger partial charge in [0.05, 0.1) is 0 Å². The number of hydrogen-bond acceptors (Lipinski definition) is 12. The van der Waals surface area contributed by atoms with E-state index in [0.29, 0.717) is 0 Å². The lowest BCUT2D eigenvalue weighted by Gasteiger charge is -2.50. The minimum Gasteiger partial charge on any atom is -0.454 e. The molecular formula is C15H26N2O14P2. The number of amides is 2. The summed E-state index contributed by atoms with van der Waals surface area (Å²) in [4.78, 5) is 65.2. The molecule has 1 aliphatic heterocycles. The van der Waals surface area contributed by atoms with Gasteiger partial charge in [0, 0.05) is 21.0 Å². The van der Waals surface area contributed by atoms with Crippen LogP contribution in [0, 0.1) is 0 Å². The number of carbonyl (C=O) groups is 4. The maximum atomic E-state index is 12.2. The Morgan fingerprint density at radius 3 is 1.94 bits per heavy atom. The standard InChI is InChI=1S/C15H26N2O14P2/c1-6(18)29-11-10(13(22)16-8(20)4-32(24)25)31-14(28-3)12(30-7(2)19)15(11,23)17-9(21)5-33(26)27/h10-14,22-23,32-33H,4-5H2,1-3H3,(H,16,20)(H,17,21)(H,24,25)(H,26,27)/t10-,11+,12+,13?,14-,15-/m0/s1. The van der Waals surface area contributed by atoms with Crippen LogP contribution in [0.1, 0.15) is 13.8 Å². The monoisotopic (exact) mass is 520 g/mol. The third-order valence-corrected chi connectivity index (χ3v) is 5.35. The summed E-state index contributed by atoms with van der Waals surface area (Å²) in [5.41, 5.74) is -2.90. The predicted octanol–water partition coefficient (Wildman–Crippen LogP) is -3.61. The normalized spacial score (nSPS) is 29.8. The molecule has 18 heteroatoms. The van der Waals surface area contributed by atoms with Crippen molar-refractivity contribution in [3.05, 3.63) is 0 Å². The third kappa shape index (κ3) is 8.43. The first-order chi connectivity index (χ1) is 15.2. The molecule has 8 atom stereocenters. The first-order valence-electron chi connectivity index (χ1n) is 9.18. The molecule has 0 aliphatic carbocycles. The van der Waals surface area contributed by atoms with Gasteiger partial charge in [-0.25, -0.2) is 0 Å². The summed E-state index contributed by atoms with van der Waals surface area (Å²) in [7, 11) is -5.61. The van der Waals surface area contributed by atoms with E-state index in [2.05, 4.69) is 0 Å². The lowest BCUT2D eigenvalue weighted by Crippen LogP contribution is -2.77. The van der Waals surface area contributed by atoms with Crippen molar-refractivity contribution in [1.29, 1.82) is 0 Å². The van der Waals surface area contributed by atoms with Crippen LogP contribution in [0.25, 0.3) is 0 Å². The van der Waals surface area contributed by atoms with Crippen LogP contribution in [-0.2, 0) is 47.3 Å². The van der Waals surface area contributed by atoms with Crippen LogP contribution in [0.15, 0.2) is 0 Å². The maximum Gasteiger partial charge on any atom is 0.303 e. The van der Waals surface area contributed by atoms with E-state index in [-0.39, 0.29) is 0 Å². The highest BCUT2D eigenvalue weighted by molar-refractivity contribution is 7.39. The molecular weight excluding hydrogens is 494 g/mol. The topological polar surface area (TPSA) is 244 Å². The van der Waals surface area contributed by atoms with Crippen LogP contribution in [0.3, 0.4) is 0 Å². The summed E-state index contributed by atoms with van der Waals surface area (Å²) in [5, 5.41) is 25.6. The van der Waals surface area contributed by atoms with E-state index in [9.17, 15) is 38.5 Å². The van der Waals surface area contributed by atoms with E-state index >= 15 is 0 Å². The Morgan fingerprint density at radius 1 is 1.00 bits per heavy atom. The average molecular weight is 520 g/mol. The van der Waals surface area contributed by atoms with Gasteiger partial charge >= 0.3 is 11.9 Å². The largest absolute Gasteiger partial charge is 0.454 e. The van der Waals surface area contributed by atoms with Gasteiger partial charge in [-0.05, 0) is 0 Å². The number of hydrogen-bond donors (Lipinski definition) is 6. The van der Waals surface area contributed by atoms with Gasteiger partial charge < -0.3 is 49.6 Å². The second-order valence-electron chi connectivity index (χ2n) is 6.79. The van der Waals surface area contributed by atoms with Crippen molar-refractivity contribution in [1.82, 2.24) is 10.6 Å². The fourth-order valence-electron chi connectivity index (χ4n) is 2.98. The van der Waals surface area contributed by atoms with Gasteiger partial charge in [0.15, 0.2) is 34.7 Å². The minimum absolute atomic E-state index is 0.873. The van der Waals surface area contributed by atoms with Gasteiger partial charge in [0.25, 0.3) is 0 Å². The molecule has 1 aliphatic rings. The molecule has 190 valence electrons. The fraction of sp³-hybridized carbons (Fsp3) is 0.733. The third-order valence-electron chi connectivity index (χ3n) is 4.11. The summed E-state index contributed by atoms with van der Waals surface area (Å²) in [6.45, 7) is 1.82. The number of aliphatic hydroxyl groups is 2. The first-order valence-corrected chi connectivity index (χ1v) is 12.3. The van der Waals surface area contributed by atoms with Crippen LogP contribution < -0.4 is 10.6 Å². The summed E-state index contributed by atoms with van der Waals surface area (Å²) in [6, 6.07) is 0. The van der Waals surface area contributed by atoms with Crippen molar-refractivity contribution >= 4 is 39.8 Å². The number of carbonyl (C=O) groups excluding carboxylic acids is 4. The molecule has 0 spiro atoms. The van der Waals surface area contributed by atoms with Crippen LogP contribution in [0.2, 0.25) is 0 Å². The highest BCUT2D eigenvalue weighted by Gasteiger charge is 2.62. The molecule has 1 rings (SSSR count). The quantitative estimate of drug-likeness (QED) is 0.0926. The van der Waals surface area contributed by atoms with E-state index in [0.717, 1.165) is 21.0 Å². The summed E-state index contributed by atoms with van der Waals surface area (Å²) in [6.07, 6.45) is -11.6. The molecule has 33 heavy (non-hydrogen) atoms. The Morgan fingerprint density at radius 2 is 1.48 bits per heavy atom. The van der Waals surface area contributed by atoms with E-state index < -0.39 is 88.7 Å². The van der Waals surface area contributed by atoms with Crippen molar-refractivity contribution < 1.29 is 67.3 Å². The van der Waals surface area contributed by atoms with Gasteiger partial charge in [-0.3, -0.25) is 28.3 Å².